The standard InChI is InChI=1S/C20H27N5O2/c1-12(2)18-21-8-9-25(18)19-22-14-11-16(27-7)15(26-6)10-13(14)17(23-19)24-20(3,4)5/h8-12H,1-7H3,(H,22,23,24). The van der Waals surface area contributed by atoms with E-state index in [0.29, 0.717) is 17.4 Å². The molecule has 0 saturated carbocycles. The number of imidazole rings is 1. The number of fused-ring (bicyclic) bond motifs is 1. The highest BCUT2D eigenvalue weighted by molar-refractivity contribution is 5.92. The SMILES string of the molecule is COc1cc2nc(-n3ccnc3C(C)C)nc(NC(C)(C)C)c2cc1OC. The second-order valence-electron chi connectivity index (χ2n) is 7.78. The lowest BCUT2D eigenvalue weighted by atomic mass is 10.1. The Morgan fingerprint density at radius 2 is 1.70 bits per heavy atom. The molecule has 0 amide bonds. The fourth-order valence-corrected chi connectivity index (χ4v) is 2.91. The van der Waals surface area contributed by atoms with E-state index in [0.717, 1.165) is 22.5 Å². The number of hydrogen-bond acceptors (Lipinski definition) is 6. The zero-order chi connectivity index (χ0) is 19.8. The Labute approximate surface area is 159 Å². The van der Waals surface area contributed by atoms with Gasteiger partial charge < -0.3 is 14.8 Å². The maximum atomic E-state index is 5.46. The van der Waals surface area contributed by atoms with E-state index in [1.54, 1.807) is 20.4 Å². The summed E-state index contributed by atoms with van der Waals surface area (Å²) in [6, 6.07) is 3.78. The van der Waals surface area contributed by atoms with Crippen molar-refractivity contribution in [3.05, 3.63) is 30.4 Å². The highest BCUT2D eigenvalue weighted by atomic mass is 16.5. The van der Waals surface area contributed by atoms with Crippen LogP contribution in [0.15, 0.2) is 24.5 Å². The second kappa shape index (κ2) is 7.06. The first kappa shape index (κ1) is 18.9. The van der Waals surface area contributed by atoms with Gasteiger partial charge in [-0.1, -0.05) is 13.8 Å². The molecule has 3 rings (SSSR count). The maximum absolute atomic E-state index is 5.46. The molecule has 144 valence electrons. The monoisotopic (exact) mass is 369 g/mol. The minimum atomic E-state index is -0.165. The van der Waals surface area contributed by atoms with Crippen LogP contribution in [0.3, 0.4) is 0 Å². The van der Waals surface area contributed by atoms with Crippen molar-refractivity contribution in [1.29, 1.82) is 0 Å². The summed E-state index contributed by atoms with van der Waals surface area (Å²) < 4.78 is 12.8. The number of nitrogens with zero attached hydrogens (tertiary/aromatic N) is 4. The van der Waals surface area contributed by atoms with Crippen LogP contribution in [0.2, 0.25) is 0 Å². The van der Waals surface area contributed by atoms with Crippen molar-refractivity contribution < 1.29 is 9.47 Å². The molecule has 2 aromatic heterocycles. The van der Waals surface area contributed by atoms with Crippen LogP contribution in [-0.4, -0.2) is 39.3 Å². The molecule has 0 unspecified atom stereocenters. The number of hydrogen-bond donors (Lipinski definition) is 1. The second-order valence-corrected chi connectivity index (χ2v) is 7.78. The number of aromatic nitrogens is 4. The quantitative estimate of drug-likeness (QED) is 0.728. The minimum Gasteiger partial charge on any atom is -0.493 e. The predicted octanol–water partition coefficient (Wildman–Crippen LogP) is 4.17. The van der Waals surface area contributed by atoms with E-state index in [9.17, 15) is 0 Å². The van der Waals surface area contributed by atoms with Gasteiger partial charge in [0.05, 0.1) is 19.7 Å². The highest BCUT2D eigenvalue weighted by Gasteiger charge is 2.19. The van der Waals surface area contributed by atoms with E-state index >= 15 is 0 Å². The Kier molecular flexibility index (Phi) is 4.95. The van der Waals surface area contributed by atoms with Gasteiger partial charge in [-0.25, -0.2) is 9.97 Å². The summed E-state index contributed by atoms with van der Waals surface area (Å²) in [5.74, 6) is 3.75. The topological polar surface area (TPSA) is 74.1 Å². The molecule has 0 aliphatic rings. The zero-order valence-corrected chi connectivity index (χ0v) is 17.0. The molecular weight excluding hydrogens is 342 g/mol. The van der Waals surface area contributed by atoms with Gasteiger partial charge in [-0.3, -0.25) is 4.57 Å². The van der Waals surface area contributed by atoms with E-state index in [1.807, 2.05) is 22.9 Å². The molecule has 0 bridgehead atoms. The number of benzene rings is 1. The summed E-state index contributed by atoms with van der Waals surface area (Å²) in [4.78, 5) is 14.0. The van der Waals surface area contributed by atoms with Crippen LogP contribution in [0.25, 0.3) is 16.9 Å². The van der Waals surface area contributed by atoms with Gasteiger partial charge in [-0.15, -0.1) is 0 Å². The van der Waals surface area contributed by atoms with E-state index in [1.165, 1.54) is 0 Å². The Balaban J connectivity index is 2.28. The molecule has 3 aromatic rings. The molecule has 0 fully saturated rings. The number of anilines is 1. The highest BCUT2D eigenvalue weighted by Crippen LogP contribution is 2.35. The summed E-state index contributed by atoms with van der Waals surface area (Å²) in [6.07, 6.45) is 3.66. The first-order valence-electron chi connectivity index (χ1n) is 8.99. The Bertz CT molecular complexity index is 957. The van der Waals surface area contributed by atoms with Gasteiger partial charge in [0, 0.05) is 35.3 Å². The molecule has 0 atom stereocenters. The Morgan fingerprint density at radius 3 is 2.30 bits per heavy atom. The van der Waals surface area contributed by atoms with Gasteiger partial charge in [0.2, 0.25) is 5.95 Å². The maximum Gasteiger partial charge on any atom is 0.237 e. The van der Waals surface area contributed by atoms with Crippen LogP contribution in [0, 0.1) is 0 Å². The third-order valence-electron chi connectivity index (χ3n) is 4.08. The molecule has 0 saturated heterocycles. The average Bonchev–Trinajstić information content (AvgIpc) is 3.09. The molecule has 2 heterocycles. The van der Waals surface area contributed by atoms with Crippen LogP contribution in [0.4, 0.5) is 5.82 Å². The summed E-state index contributed by atoms with van der Waals surface area (Å²) in [5, 5.41) is 4.36. The van der Waals surface area contributed by atoms with E-state index in [-0.39, 0.29) is 11.5 Å². The van der Waals surface area contributed by atoms with Crippen LogP contribution in [-0.2, 0) is 0 Å². The number of ether oxygens (including phenoxy) is 2. The van der Waals surface area contributed by atoms with Gasteiger partial charge in [0.1, 0.15) is 11.6 Å². The zero-order valence-electron chi connectivity index (χ0n) is 17.0. The molecule has 0 radical (unpaired) electrons. The molecule has 1 N–H and O–H groups in total. The van der Waals surface area contributed by atoms with Crippen molar-refractivity contribution in [2.75, 3.05) is 19.5 Å². The molecular formula is C20H27N5O2. The predicted molar refractivity (Wildman–Crippen MR) is 107 cm³/mol. The number of methoxy groups -OCH3 is 2. The van der Waals surface area contributed by atoms with Crippen molar-refractivity contribution in [2.24, 2.45) is 0 Å². The lowest BCUT2D eigenvalue weighted by molar-refractivity contribution is 0.356. The van der Waals surface area contributed by atoms with Crippen LogP contribution in [0.1, 0.15) is 46.4 Å². The summed E-state index contributed by atoms with van der Waals surface area (Å²) in [7, 11) is 3.24. The third-order valence-corrected chi connectivity index (χ3v) is 4.08. The van der Waals surface area contributed by atoms with Crippen molar-refractivity contribution in [3.8, 4) is 17.4 Å². The largest absolute Gasteiger partial charge is 0.493 e. The van der Waals surface area contributed by atoms with E-state index in [2.05, 4.69) is 44.9 Å². The molecule has 7 heteroatoms. The normalized spacial score (nSPS) is 11.9. The fraction of sp³-hybridized carbons (Fsp3) is 0.450. The van der Waals surface area contributed by atoms with E-state index in [4.69, 9.17) is 19.4 Å². The first-order valence-corrected chi connectivity index (χ1v) is 8.99. The molecule has 27 heavy (non-hydrogen) atoms. The minimum absolute atomic E-state index is 0.165. The molecule has 0 aliphatic heterocycles. The van der Waals surface area contributed by atoms with Crippen LogP contribution < -0.4 is 14.8 Å². The van der Waals surface area contributed by atoms with Crippen molar-refractivity contribution in [1.82, 2.24) is 19.5 Å². The van der Waals surface area contributed by atoms with Gasteiger partial charge in [-0.05, 0) is 26.8 Å². The summed E-state index contributed by atoms with van der Waals surface area (Å²) >= 11 is 0. The van der Waals surface area contributed by atoms with Crippen molar-refractivity contribution >= 4 is 16.7 Å². The van der Waals surface area contributed by atoms with Gasteiger partial charge in [0.25, 0.3) is 0 Å². The first-order chi connectivity index (χ1) is 12.7. The Hall–Kier alpha value is -2.83. The molecule has 0 spiro atoms. The lowest BCUT2D eigenvalue weighted by Gasteiger charge is -2.23. The third kappa shape index (κ3) is 3.82. The summed E-state index contributed by atoms with van der Waals surface area (Å²) in [6.45, 7) is 10.5. The van der Waals surface area contributed by atoms with E-state index < -0.39 is 0 Å². The Morgan fingerprint density at radius 1 is 1.04 bits per heavy atom. The van der Waals surface area contributed by atoms with Gasteiger partial charge in [-0.2, -0.15) is 4.98 Å². The van der Waals surface area contributed by atoms with Crippen LogP contribution in [0.5, 0.6) is 11.5 Å². The van der Waals surface area contributed by atoms with Gasteiger partial charge in [0.15, 0.2) is 11.5 Å². The fourth-order valence-electron chi connectivity index (χ4n) is 2.91. The molecule has 7 nitrogen and oxygen atoms in total. The number of rotatable bonds is 5. The van der Waals surface area contributed by atoms with Crippen molar-refractivity contribution in [2.45, 2.75) is 46.1 Å². The number of nitrogens with one attached hydrogen (secondary N) is 1. The lowest BCUT2D eigenvalue weighted by Crippen LogP contribution is -2.27. The smallest absolute Gasteiger partial charge is 0.237 e. The van der Waals surface area contributed by atoms with Gasteiger partial charge >= 0.3 is 0 Å². The molecule has 0 aliphatic carbocycles. The summed E-state index contributed by atoms with van der Waals surface area (Å²) in [5.41, 5.74) is 0.606. The average molecular weight is 369 g/mol. The van der Waals surface area contributed by atoms with Crippen molar-refractivity contribution in [3.63, 3.8) is 0 Å². The molecule has 1 aromatic carbocycles. The van der Waals surface area contributed by atoms with Crippen LogP contribution >= 0.6 is 0 Å².